The van der Waals surface area contributed by atoms with E-state index in [1.165, 1.54) is 49.4 Å². The fourth-order valence-corrected chi connectivity index (χ4v) is 6.55. The predicted molar refractivity (Wildman–Crippen MR) is 95.5 cm³/mol. The Labute approximate surface area is 139 Å². The van der Waals surface area contributed by atoms with Gasteiger partial charge in [-0.25, -0.2) is 0 Å². The van der Waals surface area contributed by atoms with Gasteiger partial charge in [0.05, 0.1) is 0 Å². The van der Waals surface area contributed by atoms with Crippen LogP contribution in [0.3, 0.4) is 0 Å². The second-order valence-corrected chi connectivity index (χ2v) is 8.96. The van der Waals surface area contributed by atoms with Crippen LogP contribution in [-0.2, 0) is 12.0 Å². The average Bonchev–Trinajstić information content (AvgIpc) is 2.85. The van der Waals surface area contributed by atoms with Gasteiger partial charge in [-0.3, -0.25) is 0 Å². The molecule has 122 valence electrons. The molecule has 0 atom stereocenters. The molecule has 0 aliphatic heterocycles. The molecular formula is C21H28N2. The highest BCUT2D eigenvalue weighted by Crippen LogP contribution is 2.61. The number of rotatable bonds is 3. The summed E-state index contributed by atoms with van der Waals surface area (Å²) in [5.74, 6) is 3.00. The minimum absolute atomic E-state index is 0.457. The Hall–Kier alpha value is -1.28. The van der Waals surface area contributed by atoms with E-state index < -0.39 is 0 Å². The molecule has 0 radical (unpaired) electrons. The van der Waals surface area contributed by atoms with Crippen molar-refractivity contribution in [3.05, 3.63) is 35.5 Å². The van der Waals surface area contributed by atoms with Crippen molar-refractivity contribution in [2.24, 2.45) is 17.8 Å². The molecule has 1 aromatic heterocycles. The van der Waals surface area contributed by atoms with E-state index in [0.717, 1.165) is 24.3 Å². The number of fused-ring (bicyclic) bond motifs is 1. The largest absolute Gasteiger partial charge is 0.358 e. The van der Waals surface area contributed by atoms with Crippen LogP contribution in [0.2, 0.25) is 0 Å². The molecule has 0 unspecified atom stereocenters. The van der Waals surface area contributed by atoms with E-state index in [-0.39, 0.29) is 0 Å². The van der Waals surface area contributed by atoms with Gasteiger partial charge in [0, 0.05) is 28.6 Å². The lowest BCUT2D eigenvalue weighted by molar-refractivity contribution is -0.00744. The zero-order valence-electron chi connectivity index (χ0n) is 14.4. The molecule has 0 saturated heterocycles. The van der Waals surface area contributed by atoms with Crippen LogP contribution in [0, 0.1) is 17.8 Å². The summed E-state index contributed by atoms with van der Waals surface area (Å²) >= 11 is 0. The van der Waals surface area contributed by atoms with Crippen molar-refractivity contribution < 1.29 is 0 Å². The Kier molecular flexibility index (Phi) is 2.98. The zero-order valence-corrected chi connectivity index (χ0v) is 14.4. The maximum absolute atomic E-state index is 3.90. The van der Waals surface area contributed by atoms with Crippen molar-refractivity contribution >= 4 is 10.9 Å². The minimum Gasteiger partial charge on any atom is -0.358 e. The summed E-state index contributed by atoms with van der Waals surface area (Å²) in [7, 11) is 4.40. The van der Waals surface area contributed by atoms with E-state index in [4.69, 9.17) is 0 Å². The summed E-state index contributed by atoms with van der Waals surface area (Å²) < 4.78 is 0. The third kappa shape index (κ3) is 2.11. The van der Waals surface area contributed by atoms with E-state index in [2.05, 4.69) is 48.2 Å². The summed E-state index contributed by atoms with van der Waals surface area (Å²) in [6.07, 6.45) is 8.86. The smallest absolute Gasteiger partial charge is 0.0459 e. The molecule has 4 fully saturated rings. The molecule has 0 amide bonds. The highest BCUT2D eigenvalue weighted by atomic mass is 15.1. The van der Waals surface area contributed by atoms with E-state index in [0.29, 0.717) is 5.41 Å². The molecule has 4 aliphatic carbocycles. The van der Waals surface area contributed by atoms with Crippen LogP contribution in [0.4, 0.5) is 0 Å². The number of nitrogens with one attached hydrogen (secondary N) is 1. The maximum Gasteiger partial charge on any atom is 0.0459 e. The molecule has 1 N–H and O–H groups in total. The number of benzene rings is 1. The van der Waals surface area contributed by atoms with Crippen molar-refractivity contribution in [3.8, 4) is 0 Å². The van der Waals surface area contributed by atoms with Crippen LogP contribution in [-0.4, -0.2) is 24.0 Å². The Morgan fingerprint density at radius 3 is 2.22 bits per heavy atom. The lowest BCUT2D eigenvalue weighted by Gasteiger charge is -2.57. The second-order valence-electron chi connectivity index (χ2n) is 8.96. The van der Waals surface area contributed by atoms with Gasteiger partial charge >= 0.3 is 0 Å². The molecule has 4 saturated carbocycles. The third-order valence-electron chi connectivity index (χ3n) is 6.86. The van der Waals surface area contributed by atoms with Crippen LogP contribution >= 0.6 is 0 Å². The summed E-state index contributed by atoms with van der Waals surface area (Å²) in [6, 6.07) is 8.94. The zero-order chi connectivity index (χ0) is 15.6. The highest BCUT2D eigenvalue weighted by Gasteiger charge is 2.52. The van der Waals surface area contributed by atoms with E-state index >= 15 is 0 Å². The lowest BCUT2D eigenvalue weighted by atomic mass is 9.48. The molecule has 2 heteroatoms. The van der Waals surface area contributed by atoms with Crippen LogP contribution in [0.5, 0.6) is 0 Å². The standard InChI is InChI=1S/C21H28N2/c1-23(2)13-18-17-5-3-4-6-19(17)22-20(18)21-10-14-7-15(11-21)9-16(8-14)12-21/h3-6,14-16,22H,7-13H2,1-2H3. The SMILES string of the molecule is CN(C)Cc1c(C23CC4CC(CC(C4)C2)C3)[nH]c2ccccc12. The molecule has 23 heavy (non-hydrogen) atoms. The first-order chi connectivity index (χ1) is 11.1. The lowest BCUT2D eigenvalue weighted by Crippen LogP contribution is -2.49. The molecule has 6 rings (SSSR count). The molecule has 2 aromatic rings. The van der Waals surface area contributed by atoms with Gasteiger partial charge in [-0.1, -0.05) is 18.2 Å². The Morgan fingerprint density at radius 1 is 1.00 bits per heavy atom. The number of H-pyrrole nitrogens is 1. The fourth-order valence-electron chi connectivity index (χ4n) is 6.55. The molecule has 1 heterocycles. The number of para-hydroxylation sites is 1. The molecule has 2 nitrogen and oxygen atoms in total. The third-order valence-corrected chi connectivity index (χ3v) is 6.86. The number of aromatic amines is 1. The van der Waals surface area contributed by atoms with Crippen molar-refractivity contribution in [2.45, 2.75) is 50.5 Å². The summed E-state index contributed by atoms with van der Waals surface area (Å²) in [5.41, 5.74) is 4.98. The summed E-state index contributed by atoms with van der Waals surface area (Å²) in [4.78, 5) is 6.23. The first-order valence-electron chi connectivity index (χ1n) is 9.38. The van der Waals surface area contributed by atoms with Crippen molar-refractivity contribution in [1.82, 2.24) is 9.88 Å². The second kappa shape index (κ2) is 4.86. The van der Waals surface area contributed by atoms with Gasteiger partial charge in [0.15, 0.2) is 0 Å². The summed E-state index contributed by atoms with van der Waals surface area (Å²) in [6.45, 7) is 1.06. The van der Waals surface area contributed by atoms with E-state index in [9.17, 15) is 0 Å². The first kappa shape index (κ1) is 14.1. The Balaban J connectivity index is 1.67. The number of hydrogen-bond acceptors (Lipinski definition) is 1. The van der Waals surface area contributed by atoms with Crippen molar-refractivity contribution in [1.29, 1.82) is 0 Å². The minimum atomic E-state index is 0.457. The maximum atomic E-state index is 3.90. The van der Waals surface area contributed by atoms with Gasteiger partial charge in [0.25, 0.3) is 0 Å². The Morgan fingerprint density at radius 2 is 1.61 bits per heavy atom. The van der Waals surface area contributed by atoms with Gasteiger partial charge in [-0.05, 0) is 82.0 Å². The number of hydrogen-bond donors (Lipinski definition) is 1. The predicted octanol–water partition coefficient (Wildman–Crippen LogP) is 4.70. The highest BCUT2D eigenvalue weighted by molar-refractivity contribution is 5.85. The van der Waals surface area contributed by atoms with Gasteiger partial charge in [0.1, 0.15) is 0 Å². The number of nitrogens with zero attached hydrogens (tertiary/aromatic N) is 1. The normalized spacial score (nSPS) is 35.5. The van der Waals surface area contributed by atoms with Crippen LogP contribution < -0.4 is 0 Å². The van der Waals surface area contributed by atoms with Crippen molar-refractivity contribution in [3.63, 3.8) is 0 Å². The van der Waals surface area contributed by atoms with Gasteiger partial charge in [-0.15, -0.1) is 0 Å². The van der Waals surface area contributed by atoms with Gasteiger partial charge in [0.2, 0.25) is 0 Å². The van der Waals surface area contributed by atoms with E-state index in [1.807, 2.05) is 0 Å². The van der Waals surface area contributed by atoms with Gasteiger partial charge in [-0.2, -0.15) is 0 Å². The first-order valence-corrected chi connectivity index (χ1v) is 9.38. The monoisotopic (exact) mass is 308 g/mol. The van der Waals surface area contributed by atoms with Crippen LogP contribution in [0.15, 0.2) is 24.3 Å². The molecule has 1 aromatic carbocycles. The molecule has 4 aliphatic rings. The fraction of sp³-hybridized carbons (Fsp3) is 0.619. The van der Waals surface area contributed by atoms with Crippen LogP contribution in [0.1, 0.15) is 49.8 Å². The van der Waals surface area contributed by atoms with Crippen molar-refractivity contribution in [2.75, 3.05) is 14.1 Å². The number of aromatic nitrogens is 1. The van der Waals surface area contributed by atoms with Crippen LogP contribution in [0.25, 0.3) is 10.9 Å². The van der Waals surface area contributed by atoms with Gasteiger partial charge < -0.3 is 9.88 Å². The Bertz CT molecular complexity index is 704. The molecule has 0 spiro atoms. The molecule has 4 bridgehead atoms. The topological polar surface area (TPSA) is 19.0 Å². The quantitative estimate of drug-likeness (QED) is 0.871. The molecular weight excluding hydrogens is 280 g/mol. The average molecular weight is 308 g/mol. The summed E-state index contributed by atoms with van der Waals surface area (Å²) in [5, 5.41) is 1.45. The van der Waals surface area contributed by atoms with E-state index in [1.54, 1.807) is 11.3 Å².